The minimum absolute atomic E-state index is 0.113. The van der Waals surface area contributed by atoms with Crippen LogP contribution in [0.4, 0.5) is 5.82 Å². The summed E-state index contributed by atoms with van der Waals surface area (Å²) in [6, 6.07) is 11.2. The Kier molecular flexibility index (Phi) is 3.96. The first-order valence-electron chi connectivity index (χ1n) is 5.74. The molecular formula is C13H15N3O2. The van der Waals surface area contributed by atoms with Gasteiger partial charge >= 0.3 is 0 Å². The monoisotopic (exact) mass is 245 g/mol. The summed E-state index contributed by atoms with van der Waals surface area (Å²) in [5, 5.41) is 9.37. The Bertz CT molecular complexity index is 508. The predicted molar refractivity (Wildman–Crippen MR) is 68.5 cm³/mol. The highest BCUT2D eigenvalue weighted by Gasteiger charge is 2.04. The lowest BCUT2D eigenvalue weighted by molar-refractivity contribution is -0.116. The van der Waals surface area contributed by atoms with Gasteiger partial charge in [0.25, 0.3) is 0 Å². The number of amides is 1. The van der Waals surface area contributed by atoms with Crippen molar-refractivity contribution in [1.82, 2.24) is 10.2 Å². The number of nitrogens with one attached hydrogen (secondary N) is 2. The number of hydrogen-bond donors (Lipinski definition) is 2. The third-order valence-electron chi connectivity index (χ3n) is 2.31. The first kappa shape index (κ1) is 12.2. The Morgan fingerprint density at radius 3 is 2.83 bits per heavy atom. The van der Waals surface area contributed by atoms with Crippen molar-refractivity contribution in [3.8, 4) is 5.75 Å². The normalized spacial score (nSPS) is 10.1. The quantitative estimate of drug-likeness (QED) is 0.848. The van der Waals surface area contributed by atoms with Crippen LogP contribution in [0, 0.1) is 6.92 Å². The summed E-state index contributed by atoms with van der Waals surface area (Å²) in [6.07, 6.45) is 0.292. The summed E-state index contributed by atoms with van der Waals surface area (Å²) < 4.78 is 5.43. The lowest BCUT2D eigenvalue weighted by Crippen LogP contribution is -2.15. The molecule has 94 valence electrons. The van der Waals surface area contributed by atoms with Crippen molar-refractivity contribution in [3.63, 3.8) is 0 Å². The standard InChI is InChI=1S/C13H15N3O2/c1-10-9-12(16-15-10)14-13(17)7-8-18-11-5-3-2-4-6-11/h2-6,9H,7-8H2,1H3,(H2,14,15,16,17). The molecule has 1 amide bonds. The highest BCUT2D eigenvalue weighted by molar-refractivity contribution is 5.89. The van der Waals surface area contributed by atoms with Crippen LogP contribution < -0.4 is 10.1 Å². The number of nitrogens with zero attached hydrogens (tertiary/aromatic N) is 1. The van der Waals surface area contributed by atoms with Crippen molar-refractivity contribution in [3.05, 3.63) is 42.1 Å². The van der Waals surface area contributed by atoms with Gasteiger partial charge in [0.15, 0.2) is 5.82 Å². The molecule has 0 saturated heterocycles. The molecule has 1 aromatic carbocycles. The molecule has 1 heterocycles. The second-order valence-electron chi connectivity index (χ2n) is 3.90. The zero-order chi connectivity index (χ0) is 12.8. The number of ether oxygens (including phenoxy) is 1. The van der Waals surface area contributed by atoms with E-state index in [1.165, 1.54) is 0 Å². The number of aryl methyl sites for hydroxylation is 1. The number of aromatic amines is 1. The minimum atomic E-state index is -0.113. The molecule has 1 aromatic heterocycles. The number of carbonyl (C=O) groups excluding carboxylic acids is 1. The SMILES string of the molecule is Cc1cc(NC(=O)CCOc2ccccc2)n[nH]1. The van der Waals surface area contributed by atoms with Crippen LogP contribution in [0.3, 0.4) is 0 Å². The molecule has 2 aromatic rings. The average molecular weight is 245 g/mol. The van der Waals surface area contributed by atoms with Gasteiger partial charge in [0.2, 0.25) is 5.91 Å². The third kappa shape index (κ3) is 3.62. The maximum absolute atomic E-state index is 11.6. The summed E-state index contributed by atoms with van der Waals surface area (Å²) in [7, 11) is 0. The summed E-state index contributed by atoms with van der Waals surface area (Å²) >= 11 is 0. The molecule has 0 fully saturated rings. The van der Waals surface area contributed by atoms with Gasteiger partial charge in [-0.25, -0.2) is 0 Å². The van der Waals surface area contributed by atoms with Crippen LogP contribution in [0.15, 0.2) is 36.4 Å². The van der Waals surface area contributed by atoms with Crippen LogP contribution in [0.2, 0.25) is 0 Å². The van der Waals surface area contributed by atoms with E-state index in [0.717, 1.165) is 11.4 Å². The molecule has 0 saturated carbocycles. The van der Waals surface area contributed by atoms with Gasteiger partial charge in [-0.3, -0.25) is 9.89 Å². The van der Waals surface area contributed by atoms with E-state index in [2.05, 4.69) is 15.5 Å². The molecule has 18 heavy (non-hydrogen) atoms. The van der Waals surface area contributed by atoms with Gasteiger partial charge in [0.05, 0.1) is 13.0 Å². The Hall–Kier alpha value is -2.30. The molecule has 5 heteroatoms. The van der Waals surface area contributed by atoms with Crippen LogP contribution in [-0.4, -0.2) is 22.7 Å². The summed E-state index contributed by atoms with van der Waals surface area (Å²) in [4.78, 5) is 11.6. The number of para-hydroxylation sites is 1. The van der Waals surface area contributed by atoms with Gasteiger partial charge in [0.1, 0.15) is 5.75 Å². The average Bonchev–Trinajstić information content (AvgIpc) is 2.76. The topological polar surface area (TPSA) is 67.0 Å². The van der Waals surface area contributed by atoms with E-state index in [0.29, 0.717) is 18.8 Å². The van der Waals surface area contributed by atoms with Gasteiger partial charge in [0, 0.05) is 11.8 Å². The molecular weight excluding hydrogens is 230 g/mol. The third-order valence-corrected chi connectivity index (χ3v) is 2.31. The number of aromatic nitrogens is 2. The maximum atomic E-state index is 11.6. The Labute approximate surface area is 105 Å². The molecule has 0 bridgehead atoms. The number of benzene rings is 1. The van der Waals surface area contributed by atoms with Gasteiger partial charge in [-0.15, -0.1) is 0 Å². The molecule has 0 aliphatic rings. The molecule has 0 atom stereocenters. The largest absolute Gasteiger partial charge is 0.493 e. The van der Waals surface area contributed by atoms with Crippen LogP contribution in [-0.2, 0) is 4.79 Å². The van der Waals surface area contributed by atoms with E-state index < -0.39 is 0 Å². The second-order valence-corrected chi connectivity index (χ2v) is 3.90. The van der Waals surface area contributed by atoms with Gasteiger partial charge in [-0.2, -0.15) is 5.10 Å². The first-order valence-corrected chi connectivity index (χ1v) is 5.74. The number of carbonyl (C=O) groups is 1. The van der Waals surface area contributed by atoms with Crippen LogP contribution in [0.1, 0.15) is 12.1 Å². The molecule has 0 radical (unpaired) electrons. The van der Waals surface area contributed by atoms with E-state index in [1.807, 2.05) is 37.3 Å². The Balaban J connectivity index is 1.72. The lowest BCUT2D eigenvalue weighted by atomic mass is 10.3. The predicted octanol–water partition coefficient (Wildman–Crippen LogP) is 2.13. The van der Waals surface area contributed by atoms with E-state index in [1.54, 1.807) is 6.07 Å². The first-order chi connectivity index (χ1) is 8.74. The Morgan fingerprint density at radius 2 is 2.17 bits per heavy atom. The van der Waals surface area contributed by atoms with E-state index in [-0.39, 0.29) is 5.91 Å². The highest BCUT2D eigenvalue weighted by Crippen LogP contribution is 2.09. The minimum Gasteiger partial charge on any atom is -0.493 e. The molecule has 5 nitrogen and oxygen atoms in total. The van der Waals surface area contributed by atoms with Crippen LogP contribution in [0.5, 0.6) is 5.75 Å². The fourth-order valence-electron chi connectivity index (χ4n) is 1.47. The molecule has 2 N–H and O–H groups in total. The van der Waals surface area contributed by atoms with Crippen molar-refractivity contribution < 1.29 is 9.53 Å². The maximum Gasteiger partial charge on any atom is 0.229 e. The zero-order valence-corrected chi connectivity index (χ0v) is 10.1. The number of rotatable bonds is 5. The van der Waals surface area contributed by atoms with E-state index >= 15 is 0 Å². The van der Waals surface area contributed by atoms with Crippen molar-refractivity contribution >= 4 is 11.7 Å². The fraction of sp³-hybridized carbons (Fsp3) is 0.231. The van der Waals surface area contributed by atoms with Crippen LogP contribution >= 0.6 is 0 Å². The molecule has 0 aliphatic heterocycles. The smallest absolute Gasteiger partial charge is 0.229 e. The number of hydrogen-bond acceptors (Lipinski definition) is 3. The molecule has 0 aliphatic carbocycles. The lowest BCUT2D eigenvalue weighted by Gasteiger charge is -2.05. The fourth-order valence-corrected chi connectivity index (χ4v) is 1.47. The van der Waals surface area contributed by atoms with Crippen molar-refractivity contribution in [1.29, 1.82) is 0 Å². The molecule has 2 rings (SSSR count). The van der Waals surface area contributed by atoms with Gasteiger partial charge in [-0.1, -0.05) is 18.2 Å². The number of H-pyrrole nitrogens is 1. The van der Waals surface area contributed by atoms with Gasteiger partial charge < -0.3 is 10.1 Å². The van der Waals surface area contributed by atoms with E-state index in [9.17, 15) is 4.79 Å². The van der Waals surface area contributed by atoms with E-state index in [4.69, 9.17) is 4.74 Å². The second kappa shape index (κ2) is 5.86. The summed E-state index contributed by atoms with van der Waals surface area (Å²) in [5.41, 5.74) is 0.908. The summed E-state index contributed by atoms with van der Waals surface area (Å²) in [6.45, 7) is 2.22. The van der Waals surface area contributed by atoms with Gasteiger partial charge in [-0.05, 0) is 19.1 Å². The Morgan fingerprint density at radius 1 is 1.39 bits per heavy atom. The van der Waals surface area contributed by atoms with Crippen LogP contribution in [0.25, 0.3) is 0 Å². The summed E-state index contributed by atoms with van der Waals surface area (Å²) in [5.74, 6) is 1.19. The number of anilines is 1. The van der Waals surface area contributed by atoms with Crippen molar-refractivity contribution in [2.24, 2.45) is 0 Å². The highest BCUT2D eigenvalue weighted by atomic mass is 16.5. The molecule has 0 unspecified atom stereocenters. The van der Waals surface area contributed by atoms with Crippen molar-refractivity contribution in [2.75, 3.05) is 11.9 Å². The molecule has 0 spiro atoms. The zero-order valence-electron chi connectivity index (χ0n) is 10.1. The van der Waals surface area contributed by atoms with Crippen molar-refractivity contribution in [2.45, 2.75) is 13.3 Å².